The van der Waals surface area contributed by atoms with Gasteiger partial charge in [0.15, 0.2) is 15.6 Å². The maximum absolute atomic E-state index is 13.2. The largest absolute Gasteiger partial charge is 0.399 e. The van der Waals surface area contributed by atoms with Crippen molar-refractivity contribution in [3.05, 3.63) is 28.3 Å². The smallest absolute Gasteiger partial charge is 0.179 e. The molecule has 0 radical (unpaired) electrons. The van der Waals surface area contributed by atoms with E-state index in [-0.39, 0.29) is 28.6 Å². The predicted molar refractivity (Wildman–Crippen MR) is 102 cm³/mol. The molecule has 0 spiro atoms. The number of alkyl halides is 1. The van der Waals surface area contributed by atoms with Gasteiger partial charge in [0.25, 0.3) is 0 Å². The second-order valence-corrected chi connectivity index (χ2v) is 9.68. The van der Waals surface area contributed by atoms with Gasteiger partial charge in [0, 0.05) is 24.0 Å². The topological polar surface area (TPSA) is 89.9 Å². The van der Waals surface area contributed by atoms with E-state index in [0.29, 0.717) is 47.2 Å². The molecule has 2 atom stereocenters. The minimum atomic E-state index is -3.48. The van der Waals surface area contributed by atoms with Crippen LogP contribution in [0.1, 0.15) is 52.7 Å². The van der Waals surface area contributed by atoms with Crippen molar-refractivity contribution in [2.75, 3.05) is 12.9 Å². The second-order valence-electron chi connectivity index (χ2n) is 7.08. The number of halogens is 1. The molecule has 1 aromatic carbocycles. The fourth-order valence-electron chi connectivity index (χ4n) is 4.03. The van der Waals surface area contributed by atoms with Gasteiger partial charge in [-0.1, -0.05) is 5.16 Å². The number of oxime groups is 1. The molecule has 0 N–H and O–H groups in total. The van der Waals surface area contributed by atoms with Gasteiger partial charge in [0.2, 0.25) is 0 Å². The summed E-state index contributed by atoms with van der Waals surface area (Å²) in [6.45, 7) is 3.34. The van der Waals surface area contributed by atoms with Gasteiger partial charge < -0.3 is 4.84 Å². The van der Waals surface area contributed by atoms with Crippen LogP contribution >= 0.6 is 11.6 Å². The number of fused-ring (bicyclic) bond motifs is 1. The molecule has 2 aliphatic rings. The van der Waals surface area contributed by atoms with Crippen LogP contribution < -0.4 is 0 Å². The first-order valence-corrected chi connectivity index (χ1v) is 11.0. The Morgan fingerprint density at radius 1 is 1.30 bits per heavy atom. The number of aryl methyl sites for hydroxylation is 1. The molecule has 27 heavy (non-hydrogen) atoms. The van der Waals surface area contributed by atoms with Crippen LogP contribution in [0.5, 0.6) is 0 Å². The molecule has 1 fully saturated rings. The van der Waals surface area contributed by atoms with Gasteiger partial charge in [-0.05, 0) is 43.9 Å². The third-order valence-electron chi connectivity index (χ3n) is 5.29. The van der Waals surface area contributed by atoms with Crippen molar-refractivity contribution in [1.82, 2.24) is 0 Å². The second kappa shape index (κ2) is 7.36. The van der Waals surface area contributed by atoms with E-state index in [1.807, 2.05) is 0 Å². The quantitative estimate of drug-likeness (QED) is 0.330. The van der Waals surface area contributed by atoms with Crippen molar-refractivity contribution in [3.63, 3.8) is 0 Å². The molecule has 6 nitrogen and oxygen atoms in total. The Morgan fingerprint density at radius 2 is 2.00 bits per heavy atom. The summed E-state index contributed by atoms with van der Waals surface area (Å²) < 4.78 is 25.3. The molecule has 1 saturated carbocycles. The third kappa shape index (κ3) is 3.43. The van der Waals surface area contributed by atoms with Crippen molar-refractivity contribution < 1.29 is 22.8 Å². The molecule has 1 aliphatic carbocycles. The van der Waals surface area contributed by atoms with Crippen LogP contribution in [0.15, 0.2) is 16.1 Å². The summed E-state index contributed by atoms with van der Waals surface area (Å²) in [5, 5.41) is 3.45. The number of sulfone groups is 1. The van der Waals surface area contributed by atoms with Crippen LogP contribution in [0.4, 0.5) is 0 Å². The lowest BCUT2D eigenvalue weighted by atomic mass is 9.80. The van der Waals surface area contributed by atoms with Gasteiger partial charge in [-0.2, -0.15) is 0 Å². The molecular formula is C19H22ClNO5S. The molecule has 1 aromatic rings. The Morgan fingerprint density at radius 3 is 2.63 bits per heavy atom. The molecule has 3 rings (SSSR count). The zero-order chi connectivity index (χ0) is 19.9. The lowest BCUT2D eigenvalue weighted by molar-refractivity contribution is -0.122. The van der Waals surface area contributed by atoms with Gasteiger partial charge in [-0.15, -0.1) is 11.6 Å². The molecule has 146 valence electrons. The SMILES string of the molecule is CON=C1CCS(=O)(=O)c2c(C)cc(C(=O)C3C(=O)CCCC3Cl)c(C)c21. The molecular weight excluding hydrogens is 390 g/mol. The maximum atomic E-state index is 13.2. The summed E-state index contributed by atoms with van der Waals surface area (Å²) >= 11 is 6.30. The van der Waals surface area contributed by atoms with Crippen molar-refractivity contribution in [1.29, 1.82) is 0 Å². The van der Waals surface area contributed by atoms with Gasteiger partial charge in [-0.3, -0.25) is 9.59 Å². The van der Waals surface area contributed by atoms with Crippen LogP contribution in [0.2, 0.25) is 0 Å². The standard InChI is InChI=1S/C19H22ClNO5S/c1-10-9-12(18(23)17-13(20)5-4-6-15(17)22)11(2)16-14(21-26-3)7-8-27(24,25)19(10)16/h9,13,17H,4-8H2,1-3H3. The van der Waals surface area contributed by atoms with Crippen LogP contribution in [-0.2, 0) is 19.5 Å². The maximum Gasteiger partial charge on any atom is 0.179 e. The van der Waals surface area contributed by atoms with Crippen molar-refractivity contribution >= 4 is 38.7 Å². The number of rotatable bonds is 3. The number of benzene rings is 1. The van der Waals surface area contributed by atoms with E-state index in [1.165, 1.54) is 7.11 Å². The molecule has 0 amide bonds. The Hall–Kier alpha value is -1.73. The molecule has 1 heterocycles. The van der Waals surface area contributed by atoms with E-state index in [4.69, 9.17) is 16.4 Å². The van der Waals surface area contributed by atoms with Gasteiger partial charge >= 0.3 is 0 Å². The number of hydrogen-bond donors (Lipinski definition) is 0. The highest BCUT2D eigenvalue weighted by molar-refractivity contribution is 7.91. The summed E-state index contributed by atoms with van der Waals surface area (Å²) in [6.07, 6.45) is 1.84. The highest BCUT2D eigenvalue weighted by Crippen LogP contribution is 2.36. The fourth-order valence-corrected chi connectivity index (χ4v) is 6.24. The summed E-state index contributed by atoms with van der Waals surface area (Å²) in [5.41, 5.74) is 2.22. The van der Waals surface area contributed by atoms with E-state index in [0.717, 1.165) is 0 Å². The summed E-state index contributed by atoms with van der Waals surface area (Å²) in [7, 11) is -2.08. The summed E-state index contributed by atoms with van der Waals surface area (Å²) in [6, 6.07) is 1.56. The lowest BCUT2D eigenvalue weighted by Crippen LogP contribution is -2.36. The molecule has 8 heteroatoms. The number of Topliss-reactive ketones (excluding diaryl/α,β-unsaturated/α-hetero) is 2. The van der Waals surface area contributed by atoms with E-state index in [2.05, 4.69) is 5.16 Å². The van der Waals surface area contributed by atoms with Crippen molar-refractivity contribution in [3.8, 4) is 0 Å². The van der Waals surface area contributed by atoms with Crippen LogP contribution in [0.25, 0.3) is 0 Å². The van der Waals surface area contributed by atoms with E-state index >= 15 is 0 Å². The molecule has 1 aliphatic heterocycles. The minimum absolute atomic E-state index is 0.0549. The highest BCUT2D eigenvalue weighted by Gasteiger charge is 2.39. The zero-order valence-corrected chi connectivity index (χ0v) is 17.1. The van der Waals surface area contributed by atoms with Gasteiger partial charge in [0.1, 0.15) is 12.9 Å². The number of hydrogen-bond acceptors (Lipinski definition) is 6. The monoisotopic (exact) mass is 411 g/mol. The van der Waals surface area contributed by atoms with Crippen LogP contribution in [0, 0.1) is 19.8 Å². The normalized spacial score (nSPS) is 25.9. The molecule has 0 saturated heterocycles. The van der Waals surface area contributed by atoms with Crippen LogP contribution in [-0.4, -0.2) is 43.9 Å². The number of nitrogens with zero attached hydrogens (tertiary/aromatic N) is 1. The first-order chi connectivity index (χ1) is 12.7. The highest BCUT2D eigenvalue weighted by atomic mass is 35.5. The van der Waals surface area contributed by atoms with Crippen LogP contribution in [0.3, 0.4) is 0 Å². The zero-order valence-electron chi connectivity index (χ0n) is 15.5. The number of carbonyl (C=O) groups is 2. The Balaban J connectivity index is 2.21. The minimum Gasteiger partial charge on any atom is -0.399 e. The van der Waals surface area contributed by atoms with Crippen molar-refractivity contribution in [2.24, 2.45) is 11.1 Å². The first-order valence-electron chi connectivity index (χ1n) is 8.87. The Labute approximate surface area is 163 Å². The molecule has 2 unspecified atom stereocenters. The summed E-state index contributed by atoms with van der Waals surface area (Å²) in [5.74, 6) is -1.44. The fraction of sp³-hybridized carbons (Fsp3) is 0.526. The van der Waals surface area contributed by atoms with Gasteiger partial charge in [0.05, 0.1) is 27.7 Å². The molecule has 0 bridgehead atoms. The number of ketones is 2. The predicted octanol–water partition coefficient (Wildman–Crippen LogP) is 2.99. The Bertz CT molecular complexity index is 951. The van der Waals surface area contributed by atoms with E-state index in [1.54, 1.807) is 19.9 Å². The van der Waals surface area contributed by atoms with E-state index in [9.17, 15) is 18.0 Å². The number of carbonyl (C=O) groups excluding carboxylic acids is 2. The van der Waals surface area contributed by atoms with Crippen molar-refractivity contribution in [2.45, 2.75) is 49.8 Å². The van der Waals surface area contributed by atoms with Gasteiger partial charge in [-0.25, -0.2) is 8.42 Å². The lowest BCUT2D eigenvalue weighted by Gasteiger charge is -2.27. The Kier molecular flexibility index (Phi) is 5.45. The van der Waals surface area contributed by atoms with E-state index < -0.39 is 21.1 Å². The average molecular weight is 412 g/mol. The summed E-state index contributed by atoms with van der Waals surface area (Å²) in [4.78, 5) is 30.6. The third-order valence-corrected chi connectivity index (χ3v) is 7.65. The average Bonchev–Trinajstić information content (AvgIpc) is 2.59. The molecule has 0 aromatic heterocycles. The first kappa shape index (κ1) is 20.0.